The maximum Gasteiger partial charge on any atom is 0.246 e. The van der Waals surface area contributed by atoms with Crippen molar-refractivity contribution in [1.29, 1.82) is 0 Å². The number of amides is 1. The van der Waals surface area contributed by atoms with Crippen LogP contribution in [0.1, 0.15) is 24.8 Å². The van der Waals surface area contributed by atoms with Crippen LogP contribution >= 0.6 is 24.0 Å². The molecule has 1 fully saturated rings. The van der Waals surface area contributed by atoms with Crippen LogP contribution in [0.25, 0.3) is 0 Å². The molecule has 1 aromatic carbocycles. The highest BCUT2D eigenvalue weighted by atomic mass is 127. The number of halogens is 1. The van der Waals surface area contributed by atoms with Gasteiger partial charge >= 0.3 is 0 Å². The summed E-state index contributed by atoms with van der Waals surface area (Å²) in [7, 11) is 3.63. The number of nitrogens with zero attached hydrogens (tertiary/aromatic N) is 5. The van der Waals surface area contributed by atoms with Gasteiger partial charge in [-0.15, -0.1) is 24.0 Å². The zero-order valence-electron chi connectivity index (χ0n) is 17.3. The third-order valence-corrected chi connectivity index (χ3v) is 5.00. The van der Waals surface area contributed by atoms with Gasteiger partial charge < -0.3 is 15.1 Å². The molecule has 1 aliphatic rings. The van der Waals surface area contributed by atoms with Gasteiger partial charge in [0.05, 0.1) is 11.9 Å². The molecule has 0 radical (unpaired) electrons. The van der Waals surface area contributed by atoms with Crippen LogP contribution in [0.15, 0.2) is 47.7 Å². The van der Waals surface area contributed by atoms with Crippen molar-refractivity contribution >= 4 is 41.5 Å². The highest BCUT2D eigenvalue weighted by Gasteiger charge is 2.27. The maximum absolute atomic E-state index is 12.5. The second-order valence-corrected chi connectivity index (χ2v) is 7.11. The van der Waals surface area contributed by atoms with E-state index in [2.05, 4.69) is 45.7 Å². The second-order valence-electron chi connectivity index (χ2n) is 7.11. The van der Waals surface area contributed by atoms with Crippen LogP contribution in [0.4, 0.5) is 5.69 Å². The molecule has 1 saturated heterocycles. The fourth-order valence-corrected chi connectivity index (χ4v) is 3.48. The van der Waals surface area contributed by atoms with Crippen LogP contribution in [0.2, 0.25) is 0 Å². The van der Waals surface area contributed by atoms with Gasteiger partial charge in [-0.2, -0.15) is 5.10 Å². The highest BCUT2D eigenvalue weighted by molar-refractivity contribution is 14.0. The van der Waals surface area contributed by atoms with Crippen LogP contribution in [0.3, 0.4) is 0 Å². The zero-order valence-corrected chi connectivity index (χ0v) is 19.6. The Morgan fingerprint density at radius 1 is 1.17 bits per heavy atom. The van der Waals surface area contributed by atoms with E-state index in [9.17, 15) is 4.79 Å². The summed E-state index contributed by atoms with van der Waals surface area (Å²) in [6.07, 6.45) is 8.18. The summed E-state index contributed by atoms with van der Waals surface area (Å²) in [6, 6.07) is 10.6. The Labute approximate surface area is 190 Å². The average molecular weight is 510 g/mol. The van der Waals surface area contributed by atoms with E-state index >= 15 is 0 Å². The number of aromatic nitrogens is 2. The number of carbonyl (C=O) groups is 1. The minimum atomic E-state index is 0. The highest BCUT2D eigenvalue weighted by Crippen LogP contribution is 2.16. The molecular weight excluding hydrogens is 479 g/mol. The van der Waals surface area contributed by atoms with Crippen molar-refractivity contribution in [2.45, 2.75) is 25.7 Å². The van der Waals surface area contributed by atoms with Crippen LogP contribution in [-0.4, -0.2) is 59.8 Å². The van der Waals surface area contributed by atoms with E-state index in [4.69, 9.17) is 0 Å². The molecule has 0 saturated carbocycles. The summed E-state index contributed by atoms with van der Waals surface area (Å²) in [5.41, 5.74) is 2.25. The SMILES string of the molecule is CN=C(NCCCCCc1ccccc1)N1CCN(c2cnn(C)c2)C(=O)C1.I. The molecule has 0 atom stereocenters. The van der Waals surface area contributed by atoms with Gasteiger partial charge in [0.1, 0.15) is 6.54 Å². The van der Waals surface area contributed by atoms with Crippen molar-refractivity contribution in [2.75, 3.05) is 38.1 Å². The Kier molecular flexibility index (Phi) is 9.43. The van der Waals surface area contributed by atoms with Crippen molar-refractivity contribution in [3.8, 4) is 0 Å². The number of hydrogen-bond donors (Lipinski definition) is 1. The minimum Gasteiger partial charge on any atom is -0.356 e. The Bertz CT molecular complexity index is 791. The third kappa shape index (κ3) is 6.73. The van der Waals surface area contributed by atoms with Gasteiger partial charge in [-0.25, -0.2) is 0 Å². The van der Waals surface area contributed by atoms with Gasteiger partial charge in [0.2, 0.25) is 5.91 Å². The monoisotopic (exact) mass is 510 g/mol. The standard InChI is InChI=1S/C21H30N6O.HI/c1-22-21(23-12-8-4-7-11-18-9-5-3-6-10-18)26-13-14-27(20(28)17-26)19-15-24-25(2)16-19;/h3,5-6,9-10,15-16H,4,7-8,11-14,17H2,1-2H3,(H,22,23);1H. The van der Waals surface area contributed by atoms with Gasteiger partial charge in [0, 0.05) is 39.9 Å². The molecule has 0 bridgehead atoms. The van der Waals surface area contributed by atoms with Crippen molar-refractivity contribution in [1.82, 2.24) is 20.0 Å². The van der Waals surface area contributed by atoms with Crippen molar-refractivity contribution < 1.29 is 4.79 Å². The molecular formula is C21H31IN6O. The van der Waals surface area contributed by atoms with Crippen LogP contribution in [0, 0.1) is 0 Å². The van der Waals surface area contributed by atoms with Crippen LogP contribution < -0.4 is 10.2 Å². The number of guanidine groups is 1. The van der Waals surface area contributed by atoms with Crippen molar-refractivity contribution in [3.05, 3.63) is 48.3 Å². The summed E-state index contributed by atoms with van der Waals surface area (Å²) >= 11 is 0. The normalized spacial score (nSPS) is 14.7. The Balaban J connectivity index is 0.00000300. The second kappa shape index (κ2) is 11.8. The lowest BCUT2D eigenvalue weighted by Gasteiger charge is -2.35. The first kappa shape index (κ1) is 23.2. The molecule has 2 heterocycles. The van der Waals surface area contributed by atoms with Crippen molar-refractivity contribution in [2.24, 2.45) is 12.0 Å². The fraction of sp³-hybridized carbons (Fsp3) is 0.476. The van der Waals surface area contributed by atoms with Gasteiger partial charge in [-0.05, 0) is 24.8 Å². The number of carbonyl (C=O) groups excluding carboxylic acids is 1. The summed E-state index contributed by atoms with van der Waals surface area (Å²) < 4.78 is 1.72. The molecule has 158 valence electrons. The first-order chi connectivity index (χ1) is 13.7. The van der Waals surface area contributed by atoms with Gasteiger partial charge in [-0.3, -0.25) is 14.5 Å². The summed E-state index contributed by atoms with van der Waals surface area (Å²) in [5, 5.41) is 7.56. The van der Waals surface area contributed by atoms with E-state index in [1.165, 1.54) is 18.4 Å². The topological polar surface area (TPSA) is 65.8 Å². The molecule has 3 rings (SSSR count). The van der Waals surface area contributed by atoms with Crippen LogP contribution in [0.5, 0.6) is 0 Å². The lowest BCUT2D eigenvalue weighted by Crippen LogP contribution is -2.55. The number of benzene rings is 1. The van der Waals surface area contributed by atoms with Crippen molar-refractivity contribution in [3.63, 3.8) is 0 Å². The molecule has 0 aliphatic carbocycles. The summed E-state index contributed by atoms with van der Waals surface area (Å²) in [6.45, 7) is 2.61. The van der Waals surface area contributed by atoms with Gasteiger partial charge in [-0.1, -0.05) is 36.8 Å². The first-order valence-corrected chi connectivity index (χ1v) is 9.96. The number of unbranched alkanes of at least 4 members (excludes halogenated alkanes) is 2. The smallest absolute Gasteiger partial charge is 0.246 e. The molecule has 1 amide bonds. The Hall–Kier alpha value is -2.10. The number of nitrogens with one attached hydrogen (secondary N) is 1. The molecule has 8 heteroatoms. The Morgan fingerprint density at radius 2 is 1.97 bits per heavy atom. The zero-order chi connectivity index (χ0) is 19.8. The molecule has 1 aromatic heterocycles. The van der Waals surface area contributed by atoms with Gasteiger partial charge in [0.15, 0.2) is 5.96 Å². The molecule has 0 unspecified atom stereocenters. The van der Waals surface area contributed by atoms with Gasteiger partial charge in [0.25, 0.3) is 0 Å². The number of rotatable bonds is 7. The maximum atomic E-state index is 12.5. The minimum absolute atomic E-state index is 0. The molecule has 0 spiro atoms. The van der Waals surface area contributed by atoms with E-state index in [0.29, 0.717) is 13.1 Å². The number of anilines is 1. The Morgan fingerprint density at radius 3 is 2.62 bits per heavy atom. The molecule has 1 aliphatic heterocycles. The fourth-order valence-electron chi connectivity index (χ4n) is 3.48. The number of aliphatic imine (C=N–C) groups is 1. The van der Waals surface area contributed by atoms with E-state index in [-0.39, 0.29) is 29.9 Å². The number of hydrogen-bond acceptors (Lipinski definition) is 3. The van der Waals surface area contributed by atoms with E-state index in [0.717, 1.165) is 37.6 Å². The molecule has 1 N–H and O–H groups in total. The summed E-state index contributed by atoms with van der Waals surface area (Å²) in [4.78, 5) is 20.7. The average Bonchev–Trinajstić information content (AvgIpc) is 3.14. The number of piperazine rings is 1. The van der Waals surface area contributed by atoms with Crippen LogP contribution in [-0.2, 0) is 18.3 Å². The molecule has 7 nitrogen and oxygen atoms in total. The largest absolute Gasteiger partial charge is 0.356 e. The molecule has 2 aromatic rings. The lowest BCUT2D eigenvalue weighted by molar-refractivity contribution is -0.120. The summed E-state index contributed by atoms with van der Waals surface area (Å²) in [5.74, 6) is 0.882. The number of aryl methyl sites for hydroxylation is 2. The van der Waals surface area contributed by atoms with E-state index in [1.54, 1.807) is 22.8 Å². The lowest BCUT2D eigenvalue weighted by atomic mass is 10.1. The third-order valence-electron chi connectivity index (χ3n) is 5.00. The first-order valence-electron chi connectivity index (χ1n) is 9.96. The quantitative estimate of drug-likeness (QED) is 0.269. The predicted octanol–water partition coefficient (Wildman–Crippen LogP) is 2.68. The van der Waals surface area contributed by atoms with E-state index < -0.39 is 0 Å². The molecule has 29 heavy (non-hydrogen) atoms. The predicted molar refractivity (Wildman–Crippen MR) is 128 cm³/mol. The van der Waals surface area contributed by atoms with E-state index in [1.807, 2.05) is 18.1 Å².